The van der Waals surface area contributed by atoms with Gasteiger partial charge in [-0.3, -0.25) is 11.3 Å². The van der Waals surface area contributed by atoms with Crippen LogP contribution < -0.4 is 11.3 Å². The van der Waals surface area contributed by atoms with Gasteiger partial charge >= 0.3 is 0 Å². The average molecular weight is 257 g/mol. The Bertz CT molecular complexity index is 304. The predicted octanol–water partition coefficient (Wildman–Crippen LogP) is 3.00. The zero-order valence-electron chi connectivity index (χ0n) is 8.84. The van der Waals surface area contributed by atoms with Gasteiger partial charge in [-0.2, -0.15) is 0 Å². The number of hydrogen-bond acceptors (Lipinski definition) is 2. The molecule has 0 aliphatic carbocycles. The van der Waals surface area contributed by atoms with Crippen molar-refractivity contribution in [2.24, 2.45) is 11.3 Å². The minimum absolute atomic E-state index is 0.0959. The molecule has 0 aromatic heterocycles. The van der Waals surface area contributed by atoms with Crippen molar-refractivity contribution in [2.75, 3.05) is 0 Å². The summed E-state index contributed by atoms with van der Waals surface area (Å²) in [6.45, 7) is 6.49. The van der Waals surface area contributed by atoms with Gasteiger partial charge in [0.1, 0.15) is 0 Å². The molecule has 78 valence electrons. The lowest BCUT2D eigenvalue weighted by Crippen LogP contribution is -2.37. The minimum Gasteiger partial charge on any atom is -0.271 e. The summed E-state index contributed by atoms with van der Waals surface area (Å²) in [5, 5.41) is 0. The van der Waals surface area contributed by atoms with E-state index in [9.17, 15) is 0 Å². The zero-order valence-corrected chi connectivity index (χ0v) is 10.4. The molecule has 0 spiro atoms. The largest absolute Gasteiger partial charge is 0.271 e. The Morgan fingerprint density at radius 1 is 1.29 bits per heavy atom. The van der Waals surface area contributed by atoms with Crippen molar-refractivity contribution in [2.45, 2.75) is 26.8 Å². The van der Waals surface area contributed by atoms with Crippen molar-refractivity contribution in [3.8, 4) is 0 Å². The van der Waals surface area contributed by atoms with Gasteiger partial charge < -0.3 is 0 Å². The molecule has 1 aromatic rings. The molecule has 0 saturated heterocycles. The molecule has 3 N–H and O–H groups in total. The standard InChI is InChI=1S/C11H17BrN2/c1-11(2,3)10(14-13)8-6-4-5-7-9(8)12/h4-7,10,14H,13H2,1-3H3. The quantitative estimate of drug-likeness (QED) is 0.631. The van der Waals surface area contributed by atoms with Crippen molar-refractivity contribution in [1.82, 2.24) is 5.43 Å². The summed E-state index contributed by atoms with van der Waals surface area (Å²) >= 11 is 3.53. The van der Waals surface area contributed by atoms with E-state index in [-0.39, 0.29) is 11.5 Å². The molecule has 0 amide bonds. The average Bonchev–Trinajstić information content (AvgIpc) is 2.07. The van der Waals surface area contributed by atoms with E-state index in [4.69, 9.17) is 5.84 Å². The molecule has 3 heteroatoms. The van der Waals surface area contributed by atoms with Crippen LogP contribution in [-0.4, -0.2) is 0 Å². The highest BCUT2D eigenvalue weighted by atomic mass is 79.9. The molecule has 1 rings (SSSR count). The van der Waals surface area contributed by atoms with Crippen LogP contribution >= 0.6 is 15.9 Å². The fourth-order valence-electron chi connectivity index (χ4n) is 1.52. The minimum atomic E-state index is 0.0959. The van der Waals surface area contributed by atoms with E-state index in [1.807, 2.05) is 18.2 Å². The Hall–Kier alpha value is -0.380. The molecule has 0 aliphatic rings. The molecule has 0 saturated carbocycles. The highest BCUT2D eigenvalue weighted by Crippen LogP contribution is 2.35. The second-order valence-corrected chi connectivity index (χ2v) is 5.34. The SMILES string of the molecule is CC(C)(C)C(NN)c1ccccc1Br. The smallest absolute Gasteiger partial charge is 0.0519 e. The zero-order chi connectivity index (χ0) is 10.8. The first kappa shape index (κ1) is 11.7. The van der Waals surface area contributed by atoms with Crippen molar-refractivity contribution in [3.05, 3.63) is 34.3 Å². The van der Waals surface area contributed by atoms with Crippen LogP contribution in [0.3, 0.4) is 0 Å². The number of nitrogens with one attached hydrogen (secondary N) is 1. The van der Waals surface area contributed by atoms with Crippen LogP contribution in [0.1, 0.15) is 32.4 Å². The predicted molar refractivity (Wildman–Crippen MR) is 63.7 cm³/mol. The fourth-order valence-corrected chi connectivity index (χ4v) is 2.03. The molecule has 0 heterocycles. The Balaban J connectivity index is 3.08. The summed E-state index contributed by atoms with van der Waals surface area (Å²) in [5.74, 6) is 5.59. The number of nitrogens with two attached hydrogens (primary N) is 1. The maximum Gasteiger partial charge on any atom is 0.0519 e. The molecule has 14 heavy (non-hydrogen) atoms. The third-order valence-electron chi connectivity index (χ3n) is 2.25. The lowest BCUT2D eigenvalue weighted by molar-refractivity contribution is 0.275. The first-order chi connectivity index (χ1) is 6.46. The summed E-state index contributed by atoms with van der Waals surface area (Å²) in [4.78, 5) is 0. The van der Waals surface area contributed by atoms with Gasteiger partial charge in [0.2, 0.25) is 0 Å². The van der Waals surface area contributed by atoms with Crippen LogP contribution in [0, 0.1) is 5.41 Å². The van der Waals surface area contributed by atoms with Gasteiger partial charge in [0.15, 0.2) is 0 Å². The van der Waals surface area contributed by atoms with Crippen LogP contribution in [0.5, 0.6) is 0 Å². The van der Waals surface area contributed by atoms with Gasteiger partial charge in [-0.1, -0.05) is 54.9 Å². The molecule has 1 unspecified atom stereocenters. The maximum absolute atomic E-state index is 5.59. The van der Waals surface area contributed by atoms with Crippen LogP contribution in [0.4, 0.5) is 0 Å². The van der Waals surface area contributed by atoms with Crippen molar-refractivity contribution in [3.63, 3.8) is 0 Å². The monoisotopic (exact) mass is 256 g/mol. The Labute approximate surface area is 94.0 Å². The Kier molecular flexibility index (Phi) is 3.70. The van der Waals surface area contributed by atoms with E-state index in [1.54, 1.807) is 0 Å². The first-order valence-corrected chi connectivity index (χ1v) is 5.46. The van der Waals surface area contributed by atoms with Gasteiger partial charge in [0, 0.05) is 4.47 Å². The molecule has 0 fully saturated rings. The summed E-state index contributed by atoms with van der Waals surface area (Å²) in [7, 11) is 0. The second-order valence-electron chi connectivity index (χ2n) is 4.49. The van der Waals surface area contributed by atoms with E-state index in [0.717, 1.165) is 4.47 Å². The maximum atomic E-state index is 5.59. The fraction of sp³-hybridized carbons (Fsp3) is 0.455. The first-order valence-electron chi connectivity index (χ1n) is 4.67. The summed E-state index contributed by atoms with van der Waals surface area (Å²) in [5.41, 5.74) is 4.16. The van der Waals surface area contributed by atoms with Gasteiger partial charge in [-0.25, -0.2) is 0 Å². The van der Waals surface area contributed by atoms with E-state index >= 15 is 0 Å². The van der Waals surface area contributed by atoms with Crippen LogP contribution in [0.25, 0.3) is 0 Å². The van der Waals surface area contributed by atoms with Crippen molar-refractivity contribution < 1.29 is 0 Å². The lowest BCUT2D eigenvalue weighted by atomic mass is 9.83. The molecule has 0 bridgehead atoms. The van der Waals surface area contributed by atoms with Crippen LogP contribution in [0.15, 0.2) is 28.7 Å². The van der Waals surface area contributed by atoms with Gasteiger partial charge in [0.05, 0.1) is 6.04 Å². The topological polar surface area (TPSA) is 38.0 Å². The number of rotatable bonds is 2. The Morgan fingerprint density at radius 3 is 2.29 bits per heavy atom. The highest BCUT2D eigenvalue weighted by Gasteiger charge is 2.26. The molecular weight excluding hydrogens is 240 g/mol. The van der Waals surface area contributed by atoms with E-state index < -0.39 is 0 Å². The number of benzene rings is 1. The van der Waals surface area contributed by atoms with Gasteiger partial charge in [-0.15, -0.1) is 0 Å². The van der Waals surface area contributed by atoms with Crippen LogP contribution in [0.2, 0.25) is 0 Å². The van der Waals surface area contributed by atoms with E-state index in [0.29, 0.717) is 0 Å². The van der Waals surface area contributed by atoms with Crippen LogP contribution in [-0.2, 0) is 0 Å². The van der Waals surface area contributed by atoms with Crippen molar-refractivity contribution >= 4 is 15.9 Å². The molecule has 2 nitrogen and oxygen atoms in total. The highest BCUT2D eigenvalue weighted by molar-refractivity contribution is 9.10. The molecule has 1 aromatic carbocycles. The summed E-state index contributed by atoms with van der Waals surface area (Å²) < 4.78 is 1.10. The molecule has 0 radical (unpaired) electrons. The number of halogens is 1. The molecule has 1 atom stereocenters. The Morgan fingerprint density at radius 2 is 1.86 bits per heavy atom. The second kappa shape index (κ2) is 4.43. The normalized spacial score (nSPS) is 14.1. The number of hydrogen-bond donors (Lipinski definition) is 2. The molecule has 0 aliphatic heterocycles. The number of hydrazine groups is 1. The van der Waals surface area contributed by atoms with Crippen molar-refractivity contribution in [1.29, 1.82) is 0 Å². The van der Waals surface area contributed by atoms with Gasteiger partial charge in [-0.05, 0) is 17.0 Å². The van der Waals surface area contributed by atoms with E-state index in [2.05, 4.69) is 48.2 Å². The summed E-state index contributed by atoms with van der Waals surface area (Å²) in [6, 6.07) is 8.30. The molecular formula is C11H17BrN2. The van der Waals surface area contributed by atoms with E-state index in [1.165, 1.54) is 5.56 Å². The lowest BCUT2D eigenvalue weighted by Gasteiger charge is -2.31. The van der Waals surface area contributed by atoms with Gasteiger partial charge in [0.25, 0.3) is 0 Å². The third kappa shape index (κ3) is 2.56. The summed E-state index contributed by atoms with van der Waals surface area (Å²) in [6.07, 6.45) is 0. The third-order valence-corrected chi connectivity index (χ3v) is 2.97.